The van der Waals surface area contributed by atoms with E-state index in [0.29, 0.717) is 27.9 Å². The number of hydrogen-bond acceptors (Lipinski definition) is 5. The molecule has 0 atom stereocenters. The lowest BCUT2D eigenvalue weighted by Crippen LogP contribution is -2.54. The summed E-state index contributed by atoms with van der Waals surface area (Å²) < 4.78 is 1.62. The van der Waals surface area contributed by atoms with Crippen LogP contribution in [0, 0.1) is 11.8 Å². The molecule has 2 amide bonds. The summed E-state index contributed by atoms with van der Waals surface area (Å²) >= 11 is 1.38. The van der Waals surface area contributed by atoms with Gasteiger partial charge in [0.05, 0.1) is 16.7 Å². The SMILES string of the molecule is O=C(c1ccc2c(c1)[nH]c(=O)n2-c1ccccc1)N1CC(C2CCN(C(=O)c3nccs3)CC2)C1. The Labute approximate surface area is 205 Å². The third-order valence-electron chi connectivity index (χ3n) is 7.25. The number of carbonyl (C=O) groups is 2. The number of rotatable bonds is 4. The lowest BCUT2D eigenvalue weighted by atomic mass is 9.79. The molecule has 0 spiro atoms. The number of benzene rings is 2. The highest BCUT2D eigenvalue weighted by Gasteiger charge is 2.38. The zero-order chi connectivity index (χ0) is 23.9. The summed E-state index contributed by atoms with van der Waals surface area (Å²) in [6.07, 6.45) is 3.59. The van der Waals surface area contributed by atoms with E-state index < -0.39 is 0 Å². The van der Waals surface area contributed by atoms with Crippen LogP contribution < -0.4 is 5.69 Å². The number of H-pyrrole nitrogens is 1. The molecule has 4 aromatic rings. The van der Waals surface area contributed by atoms with Crippen LogP contribution in [-0.4, -0.2) is 62.3 Å². The first-order valence-corrected chi connectivity index (χ1v) is 12.7. The first-order chi connectivity index (χ1) is 17.1. The van der Waals surface area contributed by atoms with Gasteiger partial charge in [0, 0.05) is 43.3 Å². The highest BCUT2D eigenvalue weighted by atomic mass is 32.1. The Balaban J connectivity index is 1.08. The minimum absolute atomic E-state index is 0.00663. The Bertz CT molecular complexity index is 1430. The Morgan fingerprint density at radius 2 is 1.71 bits per heavy atom. The monoisotopic (exact) mass is 487 g/mol. The predicted molar refractivity (Wildman–Crippen MR) is 134 cm³/mol. The van der Waals surface area contributed by atoms with E-state index in [-0.39, 0.29) is 17.5 Å². The number of carbonyl (C=O) groups excluding carboxylic acids is 2. The van der Waals surface area contributed by atoms with Crippen molar-refractivity contribution in [3.8, 4) is 5.69 Å². The van der Waals surface area contributed by atoms with Crippen LogP contribution in [0.15, 0.2) is 64.9 Å². The number of para-hydroxylation sites is 1. The van der Waals surface area contributed by atoms with Gasteiger partial charge in [0.25, 0.3) is 11.8 Å². The quantitative estimate of drug-likeness (QED) is 0.478. The Morgan fingerprint density at radius 1 is 0.943 bits per heavy atom. The van der Waals surface area contributed by atoms with Gasteiger partial charge in [0.1, 0.15) is 0 Å². The van der Waals surface area contributed by atoms with E-state index in [1.54, 1.807) is 22.9 Å². The lowest BCUT2D eigenvalue weighted by Gasteiger charge is -2.46. The van der Waals surface area contributed by atoms with Crippen molar-refractivity contribution in [3.63, 3.8) is 0 Å². The maximum absolute atomic E-state index is 13.1. The van der Waals surface area contributed by atoms with E-state index in [1.807, 2.05) is 51.6 Å². The molecule has 8 nitrogen and oxygen atoms in total. The number of piperidine rings is 1. The molecule has 0 radical (unpaired) electrons. The van der Waals surface area contributed by atoms with Crippen LogP contribution in [0.2, 0.25) is 0 Å². The van der Waals surface area contributed by atoms with Gasteiger partial charge in [-0.25, -0.2) is 9.78 Å². The Morgan fingerprint density at radius 3 is 2.43 bits per heavy atom. The van der Waals surface area contributed by atoms with Gasteiger partial charge in [-0.3, -0.25) is 14.2 Å². The first kappa shape index (κ1) is 21.8. The van der Waals surface area contributed by atoms with Crippen LogP contribution in [0.5, 0.6) is 0 Å². The summed E-state index contributed by atoms with van der Waals surface area (Å²) in [6.45, 7) is 2.97. The van der Waals surface area contributed by atoms with E-state index in [9.17, 15) is 14.4 Å². The molecule has 35 heavy (non-hydrogen) atoms. The van der Waals surface area contributed by atoms with Crippen molar-refractivity contribution in [1.82, 2.24) is 24.3 Å². The molecule has 2 aliphatic rings. The number of thiazole rings is 1. The molecule has 0 unspecified atom stereocenters. The largest absolute Gasteiger partial charge is 0.338 e. The van der Waals surface area contributed by atoms with Gasteiger partial charge in [-0.15, -0.1) is 11.3 Å². The van der Waals surface area contributed by atoms with Gasteiger partial charge < -0.3 is 14.8 Å². The summed E-state index contributed by atoms with van der Waals surface area (Å²) in [5.74, 6) is 1.02. The number of imidazole rings is 1. The third kappa shape index (κ3) is 3.95. The predicted octanol–water partition coefficient (Wildman–Crippen LogP) is 3.40. The summed E-state index contributed by atoms with van der Waals surface area (Å²) in [4.78, 5) is 49.0. The fourth-order valence-corrected chi connectivity index (χ4v) is 5.88. The zero-order valence-corrected chi connectivity index (χ0v) is 19.9. The first-order valence-electron chi connectivity index (χ1n) is 11.9. The van der Waals surface area contributed by atoms with E-state index in [2.05, 4.69) is 9.97 Å². The maximum Gasteiger partial charge on any atom is 0.331 e. The second-order valence-electron chi connectivity index (χ2n) is 9.27. The number of nitrogens with one attached hydrogen (secondary N) is 1. The zero-order valence-electron chi connectivity index (χ0n) is 19.1. The van der Waals surface area contributed by atoms with Gasteiger partial charge in [-0.1, -0.05) is 18.2 Å². The molecular formula is C26H25N5O3S. The topological polar surface area (TPSA) is 91.3 Å². The van der Waals surface area contributed by atoms with Crippen molar-refractivity contribution in [2.45, 2.75) is 12.8 Å². The second kappa shape index (κ2) is 8.81. The lowest BCUT2D eigenvalue weighted by molar-refractivity contribution is 0.0228. The molecule has 1 N–H and O–H groups in total. The van der Waals surface area contributed by atoms with Gasteiger partial charge in [-0.05, 0) is 55.0 Å². The van der Waals surface area contributed by atoms with Crippen molar-refractivity contribution in [2.75, 3.05) is 26.2 Å². The number of amides is 2. The van der Waals surface area contributed by atoms with Crippen LogP contribution >= 0.6 is 11.3 Å². The van der Waals surface area contributed by atoms with E-state index in [1.165, 1.54) is 11.3 Å². The van der Waals surface area contributed by atoms with Crippen LogP contribution in [0.1, 0.15) is 33.0 Å². The minimum Gasteiger partial charge on any atom is -0.338 e. The van der Waals surface area contributed by atoms with E-state index in [0.717, 1.165) is 50.2 Å². The van der Waals surface area contributed by atoms with Gasteiger partial charge in [-0.2, -0.15) is 0 Å². The molecule has 6 rings (SSSR count). The molecule has 2 saturated heterocycles. The molecule has 0 bridgehead atoms. The highest BCUT2D eigenvalue weighted by Crippen LogP contribution is 2.33. The van der Waals surface area contributed by atoms with Crippen molar-refractivity contribution in [2.24, 2.45) is 11.8 Å². The van der Waals surface area contributed by atoms with Crippen molar-refractivity contribution < 1.29 is 9.59 Å². The number of nitrogens with zero attached hydrogens (tertiary/aromatic N) is 4. The van der Waals surface area contributed by atoms with Crippen LogP contribution in [0.3, 0.4) is 0 Å². The Kier molecular flexibility index (Phi) is 5.49. The molecule has 9 heteroatoms. The average Bonchev–Trinajstić information content (AvgIpc) is 3.50. The van der Waals surface area contributed by atoms with Crippen molar-refractivity contribution in [1.29, 1.82) is 0 Å². The van der Waals surface area contributed by atoms with Crippen LogP contribution in [0.4, 0.5) is 0 Å². The molecule has 178 valence electrons. The number of fused-ring (bicyclic) bond motifs is 1. The van der Waals surface area contributed by atoms with Crippen molar-refractivity contribution >= 4 is 34.2 Å². The maximum atomic E-state index is 13.1. The van der Waals surface area contributed by atoms with E-state index >= 15 is 0 Å². The Hall–Kier alpha value is -3.72. The van der Waals surface area contributed by atoms with Crippen molar-refractivity contribution in [3.05, 3.63) is 81.2 Å². The molecule has 0 saturated carbocycles. The van der Waals surface area contributed by atoms with Gasteiger partial charge in [0.15, 0.2) is 5.01 Å². The number of hydrogen-bond donors (Lipinski definition) is 1. The molecule has 0 aliphatic carbocycles. The number of aromatic nitrogens is 3. The van der Waals surface area contributed by atoms with E-state index in [4.69, 9.17) is 0 Å². The minimum atomic E-state index is -0.223. The van der Waals surface area contributed by atoms with Gasteiger partial charge >= 0.3 is 5.69 Å². The fraction of sp³-hybridized carbons (Fsp3) is 0.308. The molecule has 2 fully saturated rings. The average molecular weight is 488 g/mol. The molecule has 4 heterocycles. The smallest absolute Gasteiger partial charge is 0.331 e. The second-order valence-corrected chi connectivity index (χ2v) is 10.2. The number of likely N-dealkylation sites (tertiary alicyclic amines) is 2. The summed E-state index contributed by atoms with van der Waals surface area (Å²) in [5, 5.41) is 2.38. The highest BCUT2D eigenvalue weighted by molar-refractivity contribution is 7.11. The van der Waals surface area contributed by atoms with Crippen LogP contribution in [0.25, 0.3) is 16.7 Å². The summed E-state index contributed by atoms with van der Waals surface area (Å²) in [6, 6.07) is 14.9. The normalized spacial score (nSPS) is 17.0. The third-order valence-corrected chi connectivity index (χ3v) is 8.01. The summed E-state index contributed by atoms with van der Waals surface area (Å²) in [7, 11) is 0. The van der Waals surface area contributed by atoms with Crippen LogP contribution in [-0.2, 0) is 0 Å². The van der Waals surface area contributed by atoms with Gasteiger partial charge in [0.2, 0.25) is 0 Å². The molecule has 2 aromatic heterocycles. The molecular weight excluding hydrogens is 462 g/mol. The summed E-state index contributed by atoms with van der Waals surface area (Å²) in [5.41, 5.74) is 2.55. The molecule has 2 aliphatic heterocycles. The number of aromatic amines is 1. The standard InChI is InChI=1S/C26H25N5O3S/c32-24(18-6-7-22-21(14-18)28-26(34)31(22)20-4-2-1-3-5-20)30-15-19(16-30)17-8-11-29(12-9-17)25(33)23-27-10-13-35-23/h1-7,10,13-14,17,19H,8-9,11-12,15-16H2,(H,28,34). The molecule has 2 aromatic carbocycles. The fourth-order valence-electron chi connectivity index (χ4n) is 5.28.